The molecule has 18 heavy (non-hydrogen) atoms. The van der Waals surface area contributed by atoms with Gasteiger partial charge >= 0.3 is 6.09 Å². The number of hydrogen-bond donors (Lipinski definition) is 2. The molecule has 2 N–H and O–H groups in total. The molecule has 5 nitrogen and oxygen atoms in total. The zero-order valence-electron chi connectivity index (χ0n) is 10.4. The van der Waals surface area contributed by atoms with Crippen LogP contribution in [0.3, 0.4) is 0 Å². The quantitative estimate of drug-likeness (QED) is 0.831. The summed E-state index contributed by atoms with van der Waals surface area (Å²) in [5.41, 5.74) is 0.865. The molecule has 0 aliphatic carbocycles. The van der Waals surface area contributed by atoms with Crippen molar-refractivity contribution in [3.8, 4) is 5.75 Å². The van der Waals surface area contributed by atoms with Gasteiger partial charge in [0.05, 0.1) is 0 Å². The normalized spacial score (nSPS) is 19.6. The fourth-order valence-electron chi connectivity index (χ4n) is 1.93. The van der Waals surface area contributed by atoms with Gasteiger partial charge in [0, 0.05) is 25.7 Å². The lowest BCUT2D eigenvalue weighted by molar-refractivity contribution is 0.0759. The van der Waals surface area contributed by atoms with Crippen LogP contribution in [0.5, 0.6) is 5.75 Å². The Hall–Kier alpha value is -1.75. The summed E-state index contributed by atoms with van der Waals surface area (Å²) in [7, 11) is 0. The van der Waals surface area contributed by atoms with Crippen molar-refractivity contribution >= 4 is 6.09 Å². The maximum atomic E-state index is 11.9. The highest BCUT2D eigenvalue weighted by atomic mass is 16.6. The Labute approximate surface area is 106 Å². The molecule has 1 aliphatic rings. The van der Waals surface area contributed by atoms with Crippen molar-refractivity contribution in [2.24, 2.45) is 0 Å². The number of amides is 1. The number of phenolic OH excluding ortho intramolecular Hbond substituents is 1. The summed E-state index contributed by atoms with van der Waals surface area (Å²) in [6.07, 6.45) is -0.280. The lowest BCUT2D eigenvalue weighted by Crippen LogP contribution is -2.52. The predicted molar refractivity (Wildman–Crippen MR) is 67.3 cm³/mol. The second-order valence-electron chi connectivity index (χ2n) is 4.47. The number of hydrogen-bond acceptors (Lipinski definition) is 4. The largest absolute Gasteiger partial charge is 0.508 e. The number of nitrogens with one attached hydrogen (secondary N) is 1. The van der Waals surface area contributed by atoms with E-state index in [0.29, 0.717) is 6.54 Å². The molecule has 1 aromatic rings. The van der Waals surface area contributed by atoms with Crippen LogP contribution in [0, 0.1) is 0 Å². The molecule has 0 bridgehead atoms. The molecule has 98 valence electrons. The van der Waals surface area contributed by atoms with E-state index in [1.807, 2.05) is 6.92 Å². The van der Waals surface area contributed by atoms with Crippen LogP contribution in [0.15, 0.2) is 24.3 Å². The molecule has 1 unspecified atom stereocenters. The molecule has 1 aromatic carbocycles. The van der Waals surface area contributed by atoms with Crippen LogP contribution in [0.25, 0.3) is 0 Å². The van der Waals surface area contributed by atoms with Crippen LogP contribution in [-0.4, -0.2) is 41.8 Å². The van der Waals surface area contributed by atoms with E-state index < -0.39 is 0 Å². The second-order valence-corrected chi connectivity index (χ2v) is 4.47. The Morgan fingerprint density at radius 1 is 1.50 bits per heavy atom. The maximum Gasteiger partial charge on any atom is 0.410 e. The number of phenols is 1. The molecule has 0 aromatic heterocycles. The molecule has 1 fully saturated rings. The monoisotopic (exact) mass is 250 g/mol. The van der Waals surface area contributed by atoms with Crippen molar-refractivity contribution in [2.75, 3.05) is 19.6 Å². The summed E-state index contributed by atoms with van der Waals surface area (Å²) in [6.45, 7) is 4.51. The first-order chi connectivity index (χ1) is 8.66. The average molecular weight is 250 g/mol. The fourth-order valence-corrected chi connectivity index (χ4v) is 1.93. The summed E-state index contributed by atoms with van der Waals surface area (Å²) in [5.74, 6) is 0.209. The van der Waals surface area contributed by atoms with Gasteiger partial charge in [-0.25, -0.2) is 4.79 Å². The number of piperazine rings is 1. The summed E-state index contributed by atoms with van der Waals surface area (Å²) < 4.78 is 5.26. The van der Waals surface area contributed by atoms with E-state index in [-0.39, 0.29) is 24.5 Å². The highest BCUT2D eigenvalue weighted by molar-refractivity contribution is 5.68. The molecule has 1 aliphatic heterocycles. The molecule has 5 heteroatoms. The van der Waals surface area contributed by atoms with E-state index >= 15 is 0 Å². The number of nitrogens with zero attached hydrogens (tertiary/aromatic N) is 1. The number of ether oxygens (including phenoxy) is 1. The van der Waals surface area contributed by atoms with Gasteiger partial charge in [0.15, 0.2) is 0 Å². The molecule has 2 rings (SSSR count). The van der Waals surface area contributed by atoms with Crippen molar-refractivity contribution in [1.82, 2.24) is 10.2 Å². The second kappa shape index (κ2) is 5.73. The number of carbonyl (C=O) groups excluding carboxylic acids is 1. The number of aromatic hydroxyl groups is 1. The van der Waals surface area contributed by atoms with Crippen molar-refractivity contribution in [1.29, 1.82) is 0 Å². The first kappa shape index (κ1) is 12.7. The fraction of sp³-hybridized carbons (Fsp3) is 0.462. The molecule has 0 spiro atoms. The Morgan fingerprint density at radius 2 is 2.22 bits per heavy atom. The summed E-state index contributed by atoms with van der Waals surface area (Å²) in [4.78, 5) is 13.6. The summed E-state index contributed by atoms with van der Waals surface area (Å²) >= 11 is 0. The lowest BCUT2D eigenvalue weighted by atomic mass is 10.2. The van der Waals surface area contributed by atoms with Gasteiger partial charge in [-0.05, 0) is 24.6 Å². The Balaban J connectivity index is 1.85. The van der Waals surface area contributed by atoms with Crippen LogP contribution in [0.2, 0.25) is 0 Å². The molecule has 0 radical (unpaired) electrons. The van der Waals surface area contributed by atoms with Gasteiger partial charge in [-0.2, -0.15) is 0 Å². The van der Waals surface area contributed by atoms with Gasteiger partial charge in [0.25, 0.3) is 0 Å². The van der Waals surface area contributed by atoms with Gasteiger partial charge < -0.3 is 20.1 Å². The SMILES string of the molecule is CC1CNCCN1C(=O)OCc1ccc(O)cc1. The minimum Gasteiger partial charge on any atom is -0.508 e. The molecular weight excluding hydrogens is 232 g/mol. The van der Waals surface area contributed by atoms with Crippen molar-refractivity contribution < 1.29 is 14.6 Å². The van der Waals surface area contributed by atoms with Crippen molar-refractivity contribution in [3.05, 3.63) is 29.8 Å². The summed E-state index contributed by atoms with van der Waals surface area (Å²) in [5, 5.41) is 12.4. The van der Waals surface area contributed by atoms with Gasteiger partial charge in [-0.3, -0.25) is 0 Å². The zero-order chi connectivity index (χ0) is 13.0. The van der Waals surface area contributed by atoms with E-state index in [9.17, 15) is 4.79 Å². The first-order valence-electron chi connectivity index (χ1n) is 6.09. The lowest BCUT2D eigenvalue weighted by Gasteiger charge is -2.32. The van der Waals surface area contributed by atoms with Gasteiger partial charge in [0.1, 0.15) is 12.4 Å². The van der Waals surface area contributed by atoms with Crippen LogP contribution >= 0.6 is 0 Å². The third-order valence-electron chi connectivity index (χ3n) is 3.03. The standard InChI is InChI=1S/C13H18N2O3/c1-10-8-14-6-7-15(10)13(17)18-9-11-2-4-12(16)5-3-11/h2-5,10,14,16H,6-9H2,1H3. The van der Waals surface area contributed by atoms with Crippen LogP contribution in [0.1, 0.15) is 12.5 Å². The van der Waals surface area contributed by atoms with Crippen LogP contribution in [0.4, 0.5) is 4.79 Å². The average Bonchev–Trinajstić information content (AvgIpc) is 2.38. The third-order valence-corrected chi connectivity index (χ3v) is 3.03. The molecule has 0 saturated carbocycles. The Morgan fingerprint density at radius 3 is 2.89 bits per heavy atom. The third kappa shape index (κ3) is 3.13. The van der Waals surface area contributed by atoms with E-state index in [0.717, 1.165) is 18.7 Å². The smallest absolute Gasteiger partial charge is 0.410 e. The molecule has 1 amide bonds. The zero-order valence-corrected chi connectivity index (χ0v) is 10.4. The molecule has 1 heterocycles. The van der Waals surface area contributed by atoms with E-state index in [4.69, 9.17) is 9.84 Å². The van der Waals surface area contributed by atoms with Crippen LogP contribution < -0.4 is 5.32 Å². The number of rotatable bonds is 2. The number of carbonyl (C=O) groups is 1. The first-order valence-corrected chi connectivity index (χ1v) is 6.09. The Kier molecular flexibility index (Phi) is 4.04. The van der Waals surface area contributed by atoms with Gasteiger partial charge in [-0.15, -0.1) is 0 Å². The van der Waals surface area contributed by atoms with E-state index in [1.54, 1.807) is 29.2 Å². The van der Waals surface area contributed by atoms with E-state index in [1.165, 1.54) is 0 Å². The highest BCUT2D eigenvalue weighted by Gasteiger charge is 2.23. The topological polar surface area (TPSA) is 61.8 Å². The minimum atomic E-state index is -0.280. The minimum absolute atomic E-state index is 0.158. The van der Waals surface area contributed by atoms with Crippen molar-refractivity contribution in [2.45, 2.75) is 19.6 Å². The van der Waals surface area contributed by atoms with E-state index in [2.05, 4.69) is 5.32 Å². The van der Waals surface area contributed by atoms with Crippen LogP contribution in [-0.2, 0) is 11.3 Å². The van der Waals surface area contributed by atoms with Gasteiger partial charge in [-0.1, -0.05) is 12.1 Å². The number of benzene rings is 1. The molecular formula is C13H18N2O3. The highest BCUT2D eigenvalue weighted by Crippen LogP contribution is 2.12. The Bertz CT molecular complexity index is 405. The molecule has 1 saturated heterocycles. The van der Waals surface area contributed by atoms with Crippen molar-refractivity contribution in [3.63, 3.8) is 0 Å². The molecule has 1 atom stereocenters. The maximum absolute atomic E-state index is 11.9. The summed E-state index contributed by atoms with van der Waals surface area (Å²) in [6, 6.07) is 6.80. The van der Waals surface area contributed by atoms with Gasteiger partial charge in [0.2, 0.25) is 0 Å². The predicted octanol–water partition coefficient (Wildman–Crippen LogP) is 1.32.